The number of aromatic nitrogens is 1. The Kier molecular flexibility index (Phi) is 3.76. The molecule has 0 saturated heterocycles. The van der Waals surface area contributed by atoms with Crippen molar-refractivity contribution in [3.63, 3.8) is 0 Å². The quantitative estimate of drug-likeness (QED) is 0.868. The summed E-state index contributed by atoms with van der Waals surface area (Å²) in [5.41, 5.74) is 2.16. The normalized spacial score (nSPS) is 19.4. The fraction of sp³-hybridized carbons (Fsp3) is 0.625. The number of hydrogen-bond acceptors (Lipinski definition) is 3. The Balaban J connectivity index is 1.98. The van der Waals surface area contributed by atoms with Crippen molar-refractivity contribution >= 4 is 11.6 Å². The highest BCUT2D eigenvalue weighted by Crippen LogP contribution is 2.68. The Morgan fingerprint density at radius 2 is 1.95 bits per heavy atom. The minimum atomic E-state index is -0.122. The number of pyridine rings is 1. The van der Waals surface area contributed by atoms with E-state index in [9.17, 15) is 4.79 Å². The molecule has 4 nitrogen and oxygen atoms in total. The second-order valence-corrected chi connectivity index (χ2v) is 6.67. The van der Waals surface area contributed by atoms with E-state index < -0.39 is 0 Å². The van der Waals surface area contributed by atoms with Crippen LogP contribution in [0.5, 0.6) is 0 Å². The van der Waals surface area contributed by atoms with Crippen molar-refractivity contribution in [1.82, 2.24) is 10.3 Å². The Hall–Kier alpha value is -1.58. The van der Waals surface area contributed by atoms with Crippen molar-refractivity contribution < 1.29 is 4.79 Å². The summed E-state index contributed by atoms with van der Waals surface area (Å²) in [6, 6.07) is 3.72. The first-order valence-corrected chi connectivity index (χ1v) is 7.29. The van der Waals surface area contributed by atoms with Gasteiger partial charge < -0.3 is 10.6 Å². The first kappa shape index (κ1) is 14.8. The molecule has 0 radical (unpaired) electrons. The third kappa shape index (κ3) is 2.51. The third-order valence-electron chi connectivity index (χ3n) is 5.16. The largest absolute Gasteiger partial charge is 0.385 e. The molecule has 1 saturated carbocycles. The van der Waals surface area contributed by atoms with Crippen molar-refractivity contribution in [2.75, 3.05) is 18.4 Å². The molecule has 0 aliphatic heterocycles. The van der Waals surface area contributed by atoms with Crippen molar-refractivity contribution in [3.8, 4) is 0 Å². The molecule has 0 spiro atoms. The number of hydrogen-bond donors (Lipinski definition) is 2. The van der Waals surface area contributed by atoms with Crippen molar-refractivity contribution in [3.05, 3.63) is 24.0 Å². The van der Waals surface area contributed by atoms with Gasteiger partial charge in [0.05, 0.1) is 0 Å². The third-order valence-corrected chi connectivity index (χ3v) is 5.16. The molecule has 1 heterocycles. The topological polar surface area (TPSA) is 54.0 Å². The van der Waals surface area contributed by atoms with Crippen molar-refractivity contribution in [2.24, 2.45) is 16.7 Å². The fourth-order valence-corrected chi connectivity index (χ4v) is 2.98. The second kappa shape index (κ2) is 5.08. The highest BCUT2D eigenvalue weighted by molar-refractivity contribution is 5.93. The molecular weight excluding hydrogens is 250 g/mol. The summed E-state index contributed by atoms with van der Waals surface area (Å²) in [7, 11) is 0. The zero-order valence-electron chi connectivity index (χ0n) is 13.1. The molecular formula is C16H25N3O. The molecule has 2 rings (SSSR count). The number of carbonyl (C=O) groups is 1. The predicted octanol–water partition coefficient (Wildman–Crippen LogP) is 2.93. The van der Waals surface area contributed by atoms with E-state index in [1.165, 1.54) is 0 Å². The lowest BCUT2D eigenvalue weighted by molar-refractivity contribution is 0.0951. The Bertz CT molecular complexity index is 494. The second-order valence-electron chi connectivity index (χ2n) is 6.67. The summed E-state index contributed by atoms with van der Waals surface area (Å²) in [6.45, 7) is 12.7. The maximum Gasteiger partial charge on any atom is 0.269 e. The molecule has 1 aromatic rings. The van der Waals surface area contributed by atoms with Gasteiger partial charge in [0, 0.05) is 25.0 Å². The predicted molar refractivity (Wildman–Crippen MR) is 81.8 cm³/mol. The molecule has 2 N–H and O–H groups in total. The monoisotopic (exact) mass is 275 g/mol. The molecule has 1 aliphatic rings. The summed E-state index contributed by atoms with van der Waals surface area (Å²) in [5.74, 6) is 0.527. The van der Waals surface area contributed by atoms with Crippen LogP contribution in [0.15, 0.2) is 18.3 Å². The van der Waals surface area contributed by atoms with Crippen LogP contribution in [-0.4, -0.2) is 24.0 Å². The highest BCUT2D eigenvalue weighted by Gasteiger charge is 2.63. The molecule has 110 valence electrons. The average Bonchev–Trinajstić information content (AvgIpc) is 2.78. The van der Waals surface area contributed by atoms with Gasteiger partial charge in [-0.1, -0.05) is 27.7 Å². The zero-order valence-corrected chi connectivity index (χ0v) is 13.1. The zero-order chi connectivity index (χ0) is 15.0. The van der Waals surface area contributed by atoms with Gasteiger partial charge in [-0.3, -0.25) is 9.78 Å². The van der Waals surface area contributed by atoms with Crippen LogP contribution in [0.2, 0.25) is 0 Å². The van der Waals surface area contributed by atoms with E-state index in [2.05, 4.69) is 43.3 Å². The Morgan fingerprint density at radius 3 is 2.50 bits per heavy atom. The minimum Gasteiger partial charge on any atom is -0.385 e. The van der Waals surface area contributed by atoms with Gasteiger partial charge in [0.25, 0.3) is 5.91 Å². The van der Waals surface area contributed by atoms with Gasteiger partial charge in [0.1, 0.15) is 5.69 Å². The number of amides is 1. The van der Waals surface area contributed by atoms with Crippen molar-refractivity contribution in [1.29, 1.82) is 0 Å². The lowest BCUT2D eigenvalue weighted by Crippen LogP contribution is -2.23. The summed E-state index contributed by atoms with van der Waals surface area (Å²) >= 11 is 0. The molecule has 0 bridgehead atoms. The first-order valence-electron chi connectivity index (χ1n) is 7.29. The van der Waals surface area contributed by atoms with Crippen LogP contribution in [0.25, 0.3) is 0 Å². The number of anilines is 1. The van der Waals surface area contributed by atoms with Crippen LogP contribution in [0, 0.1) is 16.7 Å². The van der Waals surface area contributed by atoms with Gasteiger partial charge >= 0.3 is 0 Å². The lowest BCUT2D eigenvalue weighted by Gasteiger charge is -2.09. The average molecular weight is 275 g/mol. The van der Waals surface area contributed by atoms with E-state index in [-0.39, 0.29) is 5.91 Å². The Morgan fingerprint density at radius 1 is 1.30 bits per heavy atom. The smallest absolute Gasteiger partial charge is 0.269 e. The molecule has 20 heavy (non-hydrogen) atoms. The number of rotatable bonds is 5. The summed E-state index contributed by atoms with van der Waals surface area (Å²) in [6.07, 6.45) is 1.68. The van der Waals surface area contributed by atoms with Gasteiger partial charge in [-0.05, 0) is 35.8 Å². The van der Waals surface area contributed by atoms with E-state index in [4.69, 9.17) is 0 Å². The summed E-state index contributed by atoms with van der Waals surface area (Å²) < 4.78 is 0. The van der Waals surface area contributed by atoms with E-state index in [0.717, 1.165) is 12.2 Å². The molecule has 1 fully saturated rings. The molecule has 0 unspecified atom stereocenters. The van der Waals surface area contributed by atoms with Gasteiger partial charge in [-0.2, -0.15) is 0 Å². The van der Waals surface area contributed by atoms with E-state index >= 15 is 0 Å². The van der Waals surface area contributed by atoms with Crippen LogP contribution in [-0.2, 0) is 0 Å². The van der Waals surface area contributed by atoms with Gasteiger partial charge in [0.2, 0.25) is 0 Å². The van der Waals surface area contributed by atoms with E-state index in [0.29, 0.717) is 29.0 Å². The van der Waals surface area contributed by atoms with Crippen molar-refractivity contribution in [2.45, 2.75) is 34.6 Å². The van der Waals surface area contributed by atoms with E-state index in [1.54, 1.807) is 6.20 Å². The van der Waals surface area contributed by atoms with Gasteiger partial charge in [-0.15, -0.1) is 0 Å². The van der Waals surface area contributed by atoms with Gasteiger partial charge in [-0.25, -0.2) is 0 Å². The van der Waals surface area contributed by atoms with Gasteiger partial charge in [0.15, 0.2) is 0 Å². The maximum absolute atomic E-state index is 11.8. The molecule has 1 aliphatic carbocycles. The standard InChI is InChI=1S/C16H25N3O/c1-6-17-14(20)12-9-11(7-8-18-12)19-10-13-15(2,3)16(13,4)5/h7-9,13H,6,10H2,1-5H3,(H,17,20)(H,18,19). The molecule has 1 amide bonds. The van der Waals surface area contributed by atoms with Crippen LogP contribution in [0.3, 0.4) is 0 Å². The maximum atomic E-state index is 11.8. The Labute approximate surface area is 121 Å². The highest BCUT2D eigenvalue weighted by atomic mass is 16.1. The van der Waals surface area contributed by atoms with Crippen LogP contribution >= 0.6 is 0 Å². The van der Waals surface area contributed by atoms with Crippen LogP contribution in [0.1, 0.15) is 45.1 Å². The van der Waals surface area contributed by atoms with Crippen LogP contribution in [0.4, 0.5) is 5.69 Å². The number of carbonyl (C=O) groups excluding carboxylic acids is 1. The molecule has 1 aromatic heterocycles. The van der Waals surface area contributed by atoms with Crippen LogP contribution < -0.4 is 10.6 Å². The molecule has 4 heteroatoms. The van der Waals surface area contributed by atoms with E-state index in [1.807, 2.05) is 19.1 Å². The lowest BCUT2D eigenvalue weighted by atomic mass is 10.0. The number of nitrogens with zero attached hydrogens (tertiary/aromatic N) is 1. The SMILES string of the molecule is CCNC(=O)c1cc(NCC2C(C)(C)C2(C)C)ccn1. The molecule has 0 aromatic carbocycles. The summed E-state index contributed by atoms with van der Waals surface area (Å²) in [4.78, 5) is 15.9. The minimum absolute atomic E-state index is 0.122. The summed E-state index contributed by atoms with van der Waals surface area (Å²) in [5, 5.41) is 6.20. The fourth-order valence-electron chi connectivity index (χ4n) is 2.98. The molecule has 0 atom stereocenters. The first-order chi connectivity index (χ1) is 9.30. The number of nitrogens with one attached hydrogen (secondary N) is 2.